The van der Waals surface area contributed by atoms with Gasteiger partial charge in [-0.3, -0.25) is 14.8 Å². The maximum Gasteiger partial charge on any atom is 0.243 e. The van der Waals surface area contributed by atoms with Crippen LogP contribution in [-0.4, -0.2) is 52.8 Å². The van der Waals surface area contributed by atoms with Gasteiger partial charge in [0.25, 0.3) is 0 Å². The smallest absolute Gasteiger partial charge is 0.243 e. The van der Waals surface area contributed by atoms with Gasteiger partial charge in [0.2, 0.25) is 11.8 Å². The predicted octanol–water partition coefficient (Wildman–Crippen LogP) is 4.28. The third-order valence-corrected chi connectivity index (χ3v) is 7.70. The van der Waals surface area contributed by atoms with Crippen LogP contribution in [0.4, 0.5) is 0 Å². The molecule has 4 N–H and O–H groups in total. The van der Waals surface area contributed by atoms with Crippen LogP contribution in [0.2, 0.25) is 0 Å². The minimum absolute atomic E-state index is 0.0167. The number of carbonyl (C=O) groups excluding carboxylic acids is 2. The van der Waals surface area contributed by atoms with Gasteiger partial charge < -0.3 is 24.8 Å². The Kier molecular flexibility index (Phi) is 11.9. The van der Waals surface area contributed by atoms with E-state index in [1.54, 1.807) is 5.48 Å². The number of rotatable bonds is 11. The van der Waals surface area contributed by atoms with Gasteiger partial charge in [-0.25, -0.2) is 5.48 Å². The monoisotopic (exact) mass is 553 g/mol. The number of carbonyl (C=O) groups is 2. The number of hydrogen-bond donors (Lipinski definition) is 4. The summed E-state index contributed by atoms with van der Waals surface area (Å²) in [6.07, 6.45) is 7.26. The molecule has 2 amide bonds. The molecule has 2 aliphatic rings. The van der Waals surface area contributed by atoms with Crippen molar-refractivity contribution in [3.63, 3.8) is 0 Å². The molecule has 2 heterocycles. The van der Waals surface area contributed by atoms with Crippen molar-refractivity contribution < 1.29 is 29.4 Å². The number of hydrogen-bond acceptors (Lipinski definition) is 7. The molecule has 2 aromatic carbocycles. The maximum absolute atomic E-state index is 12.1. The van der Waals surface area contributed by atoms with Gasteiger partial charge in [0.05, 0.1) is 18.8 Å². The Morgan fingerprint density at radius 1 is 0.825 bits per heavy atom. The van der Waals surface area contributed by atoms with Crippen LogP contribution in [0.15, 0.2) is 48.5 Å². The van der Waals surface area contributed by atoms with E-state index >= 15 is 0 Å². The molecule has 2 saturated heterocycles. The Balaban J connectivity index is 1.38. The van der Waals surface area contributed by atoms with Crippen molar-refractivity contribution in [1.29, 1.82) is 0 Å². The molecule has 218 valence electrons. The fourth-order valence-electron chi connectivity index (χ4n) is 5.36. The van der Waals surface area contributed by atoms with Crippen LogP contribution < -0.4 is 10.8 Å². The molecule has 9 heteroatoms. The zero-order valence-electron chi connectivity index (χ0n) is 23.2. The lowest BCUT2D eigenvalue weighted by atomic mass is 9.99. The Morgan fingerprint density at radius 2 is 1.45 bits per heavy atom. The Morgan fingerprint density at radius 3 is 2.12 bits per heavy atom. The van der Waals surface area contributed by atoms with Crippen molar-refractivity contribution in [2.45, 2.75) is 89.4 Å². The standard InChI is InChI=1S/C31H43N3O6/c35-22-24-11-13-25(14-12-24)28-19-27(21-34-17-4-2-1-3-5-18-34)39-31(40-28)26-15-9-23(10-16-26)20-32-29(36)7-6-8-30(37)33-38/h9-16,27-28,31,35,38H,1-8,17-22H2,(H,32,36)(H,33,37)/t27-,28+,31+/m1/s1. The minimum Gasteiger partial charge on any atom is -0.392 e. The topological polar surface area (TPSA) is 120 Å². The van der Waals surface area contributed by atoms with Crippen molar-refractivity contribution >= 4 is 11.8 Å². The van der Waals surface area contributed by atoms with Gasteiger partial charge in [0.15, 0.2) is 6.29 Å². The number of nitrogens with one attached hydrogen (secondary N) is 2. The maximum atomic E-state index is 12.1. The Labute approximate surface area is 236 Å². The van der Waals surface area contributed by atoms with Gasteiger partial charge >= 0.3 is 0 Å². The number of aliphatic hydroxyl groups excluding tert-OH is 1. The molecule has 0 aliphatic carbocycles. The van der Waals surface area contributed by atoms with Crippen LogP contribution in [0.5, 0.6) is 0 Å². The van der Waals surface area contributed by atoms with E-state index in [0.717, 1.165) is 48.3 Å². The fourth-order valence-corrected chi connectivity index (χ4v) is 5.36. The van der Waals surface area contributed by atoms with Crippen molar-refractivity contribution in [2.24, 2.45) is 0 Å². The largest absolute Gasteiger partial charge is 0.392 e. The van der Waals surface area contributed by atoms with Crippen LogP contribution in [0.1, 0.15) is 92.4 Å². The SMILES string of the molecule is O=C(CCCC(=O)NCc1ccc([C@H]2O[C@@H](CN3CCCCCCC3)C[C@@H](c3ccc(CO)cc3)O2)cc1)NO. The zero-order chi connectivity index (χ0) is 28.2. The third kappa shape index (κ3) is 9.38. The number of nitrogens with zero attached hydrogens (tertiary/aromatic N) is 1. The molecule has 0 aromatic heterocycles. The number of likely N-dealkylation sites (tertiary alicyclic amines) is 1. The second-order valence-corrected chi connectivity index (χ2v) is 10.8. The number of ether oxygens (including phenoxy) is 2. The highest BCUT2D eigenvalue weighted by atomic mass is 16.7. The summed E-state index contributed by atoms with van der Waals surface area (Å²) in [5, 5.41) is 20.9. The summed E-state index contributed by atoms with van der Waals surface area (Å²) < 4.78 is 13.0. The summed E-state index contributed by atoms with van der Waals surface area (Å²) in [4.78, 5) is 25.7. The molecule has 40 heavy (non-hydrogen) atoms. The molecule has 9 nitrogen and oxygen atoms in total. The van der Waals surface area contributed by atoms with Gasteiger partial charge in [-0.05, 0) is 49.0 Å². The van der Waals surface area contributed by atoms with E-state index in [1.165, 1.54) is 32.1 Å². The van der Waals surface area contributed by atoms with Gasteiger partial charge in [0, 0.05) is 37.9 Å². The van der Waals surface area contributed by atoms with Crippen LogP contribution in [0.25, 0.3) is 0 Å². The van der Waals surface area contributed by atoms with Crippen LogP contribution in [0, 0.1) is 0 Å². The molecule has 0 radical (unpaired) electrons. The number of amides is 2. The van der Waals surface area contributed by atoms with E-state index in [2.05, 4.69) is 10.2 Å². The lowest BCUT2D eigenvalue weighted by molar-refractivity contribution is -0.253. The summed E-state index contributed by atoms with van der Waals surface area (Å²) in [6.45, 7) is 3.50. The molecule has 0 bridgehead atoms. The lowest BCUT2D eigenvalue weighted by Gasteiger charge is -2.38. The van der Waals surface area contributed by atoms with E-state index in [9.17, 15) is 14.7 Å². The molecule has 0 saturated carbocycles. The first-order valence-electron chi connectivity index (χ1n) is 14.6. The van der Waals surface area contributed by atoms with E-state index in [1.807, 2.05) is 48.5 Å². The van der Waals surface area contributed by atoms with E-state index < -0.39 is 12.2 Å². The quantitative estimate of drug-likeness (QED) is 0.242. The van der Waals surface area contributed by atoms with Gasteiger partial charge in [-0.1, -0.05) is 67.8 Å². The molecular weight excluding hydrogens is 510 g/mol. The van der Waals surface area contributed by atoms with E-state index in [4.69, 9.17) is 14.7 Å². The van der Waals surface area contributed by atoms with Crippen molar-refractivity contribution in [1.82, 2.24) is 15.7 Å². The highest BCUT2D eigenvalue weighted by molar-refractivity contribution is 5.78. The van der Waals surface area contributed by atoms with Gasteiger partial charge in [-0.2, -0.15) is 0 Å². The summed E-state index contributed by atoms with van der Waals surface area (Å²) in [6, 6.07) is 15.9. The zero-order valence-corrected chi connectivity index (χ0v) is 23.2. The van der Waals surface area contributed by atoms with Gasteiger partial charge in [0.1, 0.15) is 0 Å². The summed E-state index contributed by atoms with van der Waals surface area (Å²) in [5.74, 6) is -0.639. The summed E-state index contributed by atoms with van der Waals surface area (Å²) in [7, 11) is 0. The molecular formula is C31H43N3O6. The summed E-state index contributed by atoms with van der Waals surface area (Å²) in [5.41, 5.74) is 5.41. The highest BCUT2D eigenvalue weighted by Crippen LogP contribution is 2.38. The van der Waals surface area contributed by atoms with Crippen LogP contribution >= 0.6 is 0 Å². The lowest BCUT2D eigenvalue weighted by Crippen LogP contribution is -2.40. The second kappa shape index (κ2) is 15.8. The summed E-state index contributed by atoms with van der Waals surface area (Å²) >= 11 is 0. The van der Waals surface area contributed by atoms with Crippen LogP contribution in [-0.2, 0) is 32.2 Å². The number of hydroxylamine groups is 1. The second-order valence-electron chi connectivity index (χ2n) is 10.8. The fraction of sp³-hybridized carbons (Fsp3) is 0.548. The normalized spacial score (nSPS) is 22.2. The average molecular weight is 554 g/mol. The van der Waals surface area contributed by atoms with Crippen molar-refractivity contribution in [3.8, 4) is 0 Å². The molecule has 2 aliphatic heterocycles. The first-order chi connectivity index (χ1) is 19.5. The predicted molar refractivity (Wildman–Crippen MR) is 150 cm³/mol. The van der Waals surface area contributed by atoms with Crippen molar-refractivity contribution in [3.05, 3.63) is 70.8 Å². The minimum atomic E-state index is -0.502. The first kappa shape index (κ1) is 30.1. The molecule has 2 fully saturated rings. The molecule has 2 aromatic rings. The average Bonchev–Trinajstić information content (AvgIpc) is 2.97. The molecule has 4 rings (SSSR count). The first-order valence-corrected chi connectivity index (χ1v) is 14.6. The highest BCUT2D eigenvalue weighted by Gasteiger charge is 2.33. The molecule has 0 spiro atoms. The third-order valence-electron chi connectivity index (χ3n) is 7.70. The Hall–Kier alpha value is -2.82. The number of aliphatic hydroxyl groups is 1. The van der Waals surface area contributed by atoms with Crippen molar-refractivity contribution in [2.75, 3.05) is 19.6 Å². The Bertz CT molecular complexity index is 1050. The van der Waals surface area contributed by atoms with Crippen LogP contribution in [0.3, 0.4) is 0 Å². The van der Waals surface area contributed by atoms with E-state index in [-0.39, 0.29) is 37.6 Å². The number of benzene rings is 2. The van der Waals surface area contributed by atoms with Gasteiger partial charge in [-0.15, -0.1) is 0 Å². The molecule has 0 unspecified atom stereocenters. The van der Waals surface area contributed by atoms with E-state index in [0.29, 0.717) is 13.0 Å². The molecule has 3 atom stereocenters.